The lowest BCUT2D eigenvalue weighted by atomic mass is 9.97. The smallest absolute Gasteiger partial charge is 0.308 e. The van der Waals surface area contributed by atoms with E-state index in [2.05, 4.69) is 6.58 Å². The molecule has 2 atom stereocenters. The van der Waals surface area contributed by atoms with Crippen molar-refractivity contribution in [2.45, 2.75) is 25.3 Å². The summed E-state index contributed by atoms with van der Waals surface area (Å²) in [5.74, 6) is -1.46. The topological polar surface area (TPSA) is 83.6 Å². The average molecular weight is 226 g/mol. The normalized spacial score (nSPS) is 22.6. The van der Waals surface area contributed by atoms with Crippen molar-refractivity contribution in [1.29, 1.82) is 0 Å². The van der Waals surface area contributed by atoms with Crippen molar-refractivity contribution in [2.75, 3.05) is 13.1 Å². The molecule has 5 heteroatoms. The second-order valence-corrected chi connectivity index (χ2v) is 4.09. The Hall–Kier alpha value is -1.36. The Morgan fingerprint density at radius 1 is 1.62 bits per heavy atom. The first-order valence-corrected chi connectivity index (χ1v) is 5.44. The van der Waals surface area contributed by atoms with Crippen LogP contribution in [0.15, 0.2) is 12.7 Å². The summed E-state index contributed by atoms with van der Waals surface area (Å²) in [4.78, 5) is 24.2. The second kappa shape index (κ2) is 5.65. The number of carboxylic acid groups (broad SMARTS) is 1. The molecule has 0 aromatic carbocycles. The van der Waals surface area contributed by atoms with Crippen LogP contribution in [0.3, 0.4) is 0 Å². The largest absolute Gasteiger partial charge is 0.481 e. The summed E-state index contributed by atoms with van der Waals surface area (Å²) in [5, 5.41) is 8.89. The van der Waals surface area contributed by atoms with Crippen LogP contribution < -0.4 is 5.73 Å². The Morgan fingerprint density at radius 2 is 2.31 bits per heavy atom. The molecule has 0 aromatic rings. The molecule has 0 saturated carbocycles. The van der Waals surface area contributed by atoms with Crippen LogP contribution in [0, 0.1) is 5.92 Å². The number of likely N-dealkylation sites (tertiary alicyclic amines) is 1. The number of nitrogens with two attached hydrogens (primary N) is 1. The van der Waals surface area contributed by atoms with Gasteiger partial charge >= 0.3 is 5.97 Å². The predicted molar refractivity (Wildman–Crippen MR) is 59.7 cm³/mol. The van der Waals surface area contributed by atoms with Crippen LogP contribution in [0.1, 0.15) is 19.3 Å². The first-order valence-electron chi connectivity index (χ1n) is 5.44. The van der Waals surface area contributed by atoms with E-state index in [1.807, 2.05) is 0 Å². The van der Waals surface area contributed by atoms with Crippen LogP contribution in [0.4, 0.5) is 0 Å². The molecule has 90 valence electrons. The van der Waals surface area contributed by atoms with E-state index in [4.69, 9.17) is 10.8 Å². The first kappa shape index (κ1) is 12.7. The van der Waals surface area contributed by atoms with Crippen LogP contribution >= 0.6 is 0 Å². The molecule has 3 N–H and O–H groups in total. The van der Waals surface area contributed by atoms with E-state index >= 15 is 0 Å². The number of hydrogen-bond acceptors (Lipinski definition) is 3. The molecule has 0 radical (unpaired) electrons. The monoisotopic (exact) mass is 226 g/mol. The molecule has 0 aromatic heterocycles. The molecule has 1 saturated heterocycles. The molecular weight excluding hydrogens is 208 g/mol. The third kappa shape index (κ3) is 3.06. The van der Waals surface area contributed by atoms with Gasteiger partial charge in [0.1, 0.15) is 0 Å². The van der Waals surface area contributed by atoms with E-state index in [0.29, 0.717) is 19.4 Å². The second-order valence-electron chi connectivity index (χ2n) is 4.09. The number of amides is 1. The maximum atomic E-state index is 11.8. The van der Waals surface area contributed by atoms with E-state index < -0.39 is 17.9 Å². The van der Waals surface area contributed by atoms with Crippen molar-refractivity contribution in [3.8, 4) is 0 Å². The van der Waals surface area contributed by atoms with Gasteiger partial charge in [0.15, 0.2) is 0 Å². The molecule has 0 bridgehead atoms. The summed E-state index contributed by atoms with van der Waals surface area (Å²) in [5.41, 5.74) is 5.67. The Balaban J connectivity index is 2.56. The Bertz CT molecular complexity index is 291. The molecule has 16 heavy (non-hydrogen) atoms. The summed E-state index contributed by atoms with van der Waals surface area (Å²) < 4.78 is 0. The highest BCUT2D eigenvalue weighted by molar-refractivity contribution is 5.82. The van der Waals surface area contributed by atoms with Gasteiger partial charge in [-0.25, -0.2) is 0 Å². The highest BCUT2D eigenvalue weighted by Crippen LogP contribution is 2.17. The van der Waals surface area contributed by atoms with Crippen molar-refractivity contribution in [2.24, 2.45) is 11.7 Å². The lowest BCUT2D eigenvalue weighted by Crippen LogP contribution is -2.49. The Kier molecular flexibility index (Phi) is 4.49. The van der Waals surface area contributed by atoms with Crippen LogP contribution in [0.2, 0.25) is 0 Å². The molecule has 0 spiro atoms. The van der Waals surface area contributed by atoms with Crippen molar-refractivity contribution in [3.05, 3.63) is 12.7 Å². The molecule has 1 rings (SSSR count). The molecule has 1 fully saturated rings. The molecule has 1 amide bonds. The van der Waals surface area contributed by atoms with Crippen molar-refractivity contribution in [1.82, 2.24) is 4.90 Å². The van der Waals surface area contributed by atoms with Gasteiger partial charge in [0, 0.05) is 13.1 Å². The minimum Gasteiger partial charge on any atom is -0.481 e. The molecule has 1 heterocycles. The van der Waals surface area contributed by atoms with Crippen molar-refractivity contribution >= 4 is 11.9 Å². The number of nitrogens with zero attached hydrogens (tertiary/aromatic N) is 1. The van der Waals surface area contributed by atoms with Gasteiger partial charge in [-0.2, -0.15) is 0 Å². The third-order valence-corrected chi connectivity index (χ3v) is 2.82. The van der Waals surface area contributed by atoms with Gasteiger partial charge in [0.05, 0.1) is 12.0 Å². The maximum Gasteiger partial charge on any atom is 0.308 e. The lowest BCUT2D eigenvalue weighted by molar-refractivity contribution is -0.146. The Morgan fingerprint density at radius 3 is 2.88 bits per heavy atom. The van der Waals surface area contributed by atoms with Gasteiger partial charge in [-0.05, 0) is 19.3 Å². The van der Waals surface area contributed by atoms with Crippen LogP contribution in [-0.4, -0.2) is 41.0 Å². The number of piperidine rings is 1. The van der Waals surface area contributed by atoms with E-state index in [1.165, 1.54) is 0 Å². The molecule has 1 aliphatic rings. The van der Waals surface area contributed by atoms with E-state index in [1.54, 1.807) is 11.0 Å². The lowest BCUT2D eigenvalue weighted by Gasteiger charge is -2.32. The standard InChI is InChI=1S/C11H18N2O3/c1-2-4-9(12)10(14)13-6-3-5-8(7-13)11(15)16/h2,8-9H,1,3-7,12H2,(H,15,16)/t8-,9?/m0/s1. The van der Waals surface area contributed by atoms with Gasteiger partial charge in [0.2, 0.25) is 5.91 Å². The van der Waals surface area contributed by atoms with Crippen molar-refractivity contribution < 1.29 is 14.7 Å². The minimum atomic E-state index is -0.838. The number of carbonyl (C=O) groups is 2. The first-order chi connectivity index (χ1) is 7.56. The van der Waals surface area contributed by atoms with Crippen LogP contribution in [-0.2, 0) is 9.59 Å². The summed E-state index contributed by atoms with van der Waals surface area (Å²) in [6, 6.07) is -0.593. The van der Waals surface area contributed by atoms with E-state index in [-0.39, 0.29) is 12.5 Å². The molecule has 1 aliphatic heterocycles. The summed E-state index contributed by atoms with van der Waals surface area (Å²) in [6.45, 7) is 4.41. The molecule has 0 aliphatic carbocycles. The summed E-state index contributed by atoms with van der Waals surface area (Å²) in [6.07, 6.45) is 3.38. The fourth-order valence-electron chi connectivity index (χ4n) is 1.89. The number of carboxylic acids is 1. The minimum absolute atomic E-state index is 0.175. The number of hydrogen-bond donors (Lipinski definition) is 2. The predicted octanol–water partition coefficient (Wildman–Crippen LogP) is 0.213. The Labute approximate surface area is 94.9 Å². The maximum absolute atomic E-state index is 11.8. The van der Waals surface area contributed by atoms with Gasteiger partial charge in [-0.15, -0.1) is 6.58 Å². The summed E-state index contributed by atoms with van der Waals surface area (Å²) >= 11 is 0. The summed E-state index contributed by atoms with van der Waals surface area (Å²) in [7, 11) is 0. The third-order valence-electron chi connectivity index (χ3n) is 2.82. The van der Waals surface area contributed by atoms with Crippen LogP contribution in [0.5, 0.6) is 0 Å². The molecular formula is C11H18N2O3. The average Bonchev–Trinajstić information content (AvgIpc) is 2.28. The van der Waals surface area contributed by atoms with Crippen molar-refractivity contribution in [3.63, 3.8) is 0 Å². The fourth-order valence-corrected chi connectivity index (χ4v) is 1.89. The molecule has 1 unspecified atom stereocenters. The highest BCUT2D eigenvalue weighted by atomic mass is 16.4. The number of aliphatic carboxylic acids is 1. The van der Waals surface area contributed by atoms with Gasteiger partial charge in [-0.1, -0.05) is 6.08 Å². The van der Waals surface area contributed by atoms with E-state index in [9.17, 15) is 9.59 Å². The van der Waals surface area contributed by atoms with Gasteiger partial charge in [0.25, 0.3) is 0 Å². The fraction of sp³-hybridized carbons (Fsp3) is 0.636. The zero-order chi connectivity index (χ0) is 12.1. The quantitative estimate of drug-likeness (QED) is 0.671. The zero-order valence-electron chi connectivity index (χ0n) is 9.26. The molecule has 5 nitrogen and oxygen atoms in total. The zero-order valence-corrected chi connectivity index (χ0v) is 9.26. The SMILES string of the molecule is C=CCC(N)C(=O)N1CCC[C@H](C(=O)O)C1. The van der Waals surface area contributed by atoms with Crippen LogP contribution in [0.25, 0.3) is 0 Å². The number of rotatable bonds is 4. The highest BCUT2D eigenvalue weighted by Gasteiger charge is 2.29. The van der Waals surface area contributed by atoms with Gasteiger partial charge in [-0.3, -0.25) is 9.59 Å². The van der Waals surface area contributed by atoms with Gasteiger partial charge < -0.3 is 15.7 Å². The number of carbonyl (C=O) groups excluding carboxylic acids is 1. The van der Waals surface area contributed by atoms with E-state index in [0.717, 1.165) is 6.42 Å².